The number of rotatable bonds is 4. The molecule has 1 aromatic carbocycles. The molecule has 0 bridgehead atoms. The van der Waals surface area contributed by atoms with E-state index < -0.39 is 0 Å². The molecule has 0 atom stereocenters. The lowest BCUT2D eigenvalue weighted by molar-refractivity contribution is -0.118. The SMILES string of the molecule is O=C(COc1ccc(Cl)cc1)Nc1onc2c1CCC2. The first-order valence-corrected chi connectivity index (χ1v) is 6.76. The van der Waals surface area contributed by atoms with Crippen molar-refractivity contribution in [2.75, 3.05) is 11.9 Å². The van der Waals surface area contributed by atoms with Gasteiger partial charge in [-0.25, -0.2) is 0 Å². The highest BCUT2D eigenvalue weighted by molar-refractivity contribution is 6.30. The van der Waals surface area contributed by atoms with E-state index >= 15 is 0 Å². The zero-order valence-electron chi connectivity index (χ0n) is 10.7. The molecular formula is C14H13ClN2O3. The Kier molecular flexibility index (Phi) is 3.60. The van der Waals surface area contributed by atoms with Gasteiger partial charge in [0.1, 0.15) is 5.75 Å². The highest BCUT2D eigenvalue weighted by atomic mass is 35.5. The van der Waals surface area contributed by atoms with Gasteiger partial charge < -0.3 is 9.26 Å². The van der Waals surface area contributed by atoms with Crippen LogP contribution in [0.1, 0.15) is 17.7 Å². The zero-order valence-corrected chi connectivity index (χ0v) is 11.4. The number of carbonyl (C=O) groups is 1. The van der Waals surface area contributed by atoms with E-state index in [0.717, 1.165) is 30.5 Å². The molecule has 0 saturated heterocycles. The summed E-state index contributed by atoms with van der Waals surface area (Å²) in [6.07, 6.45) is 2.86. The monoisotopic (exact) mass is 292 g/mol. The highest BCUT2D eigenvalue weighted by Gasteiger charge is 2.22. The van der Waals surface area contributed by atoms with Gasteiger partial charge in [0.25, 0.3) is 5.91 Å². The number of anilines is 1. The van der Waals surface area contributed by atoms with E-state index in [2.05, 4.69) is 10.5 Å². The van der Waals surface area contributed by atoms with Gasteiger partial charge >= 0.3 is 0 Å². The van der Waals surface area contributed by atoms with Crippen molar-refractivity contribution in [1.29, 1.82) is 0 Å². The fourth-order valence-corrected chi connectivity index (χ4v) is 2.30. The summed E-state index contributed by atoms with van der Waals surface area (Å²) in [5, 5.41) is 7.24. The maximum Gasteiger partial charge on any atom is 0.264 e. The number of ether oxygens (including phenoxy) is 1. The van der Waals surface area contributed by atoms with Gasteiger partial charge in [-0.2, -0.15) is 0 Å². The Bertz CT molecular complexity index is 622. The molecule has 0 radical (unpaired) electrons. The van der Waals surface area contributed by atoms with E-state index in [9.17, 15) is 4.79 Å². The van der Waals surface area contributed by atoms with Gasteiger partial charge in [0.2, 0.25) is 5.88 Å². The van der Waals surface area contributed by atoms with E-state index in [-0.39, 0.29) is 12.5 Å². The zero-order chi connectivity index (χ0) is 13.9. The molecule has 20 heavy (non-hydrogen) atoms. The summed E-state index contributed by atoms with van der Waals surface area (Å²) < 4.78 is 10.5. The van der Waals surface area contributed by atoms with E-state index in [1.807, 2.05) is 0 Å². The maximum atomic E-state index is 11.8. The Morgan fingerprint density at radius 3 is 2.95 bits per heavy atom. The third kappa shape index (κ3) is 2.77. The van der Waals surface area contributed by atoms with Crippen LogP contribution in [0.25, 0.3) is 0 Å². The van der Waals surface area contributed by atoms with Crippen molar-refractivity contribution in [1.82, 2.24) is 5.16 Å². The number of halogens is 1. The normalized spacial score (nSPS) is 13.1. The molecule has 0 aliphatic heterocycles. The smallest absolute Gasteiger partial charge is 0.264 e. The average molecular weight is 293 g/mol. The van der Waals surface area contributed by atoms with Gasteiger partial charge in [0, 0.05) is 10.6 Å². The molecule has 104 valence electrons. The summed E-state index contributed by atoms with van der Waals surface area (Å²) in [6.45, 7) is -0.0862. The second-order valence-electron chi connectivity index (χ2n) is 4.58. The summed E-state index contributed by atoms with van der Waals surface area (Å²) in [5.41, 5.74) is 1.95. The molecule has 1 N–H and O–H groups in total. The Hall–Kier alpha value is -2.01. The Morgan fingerprint density at radius 2 is 2.15 bits per heavy atom. The van der Waals surface area contributed by atoms with Crippen LogP contribution < -0.4 is 10.1 Å². The van der Waals surface area contributed by atoms with Crippen LogP contribution in [-0.2, 0) is 17.6 Å². The van der Waals surface area contributed by atoms with Crippen LogP contribution in [0, 0.1) is 0 Å². The number of benzene rings is 1. The first-order valence-electron chi connectivity index (χ1n) is 6.38. The van der Waals surface area contributed by atoms with Gasteiger partial charge in [-0.15, -0.1) is 0 Å². The Morgan fingerprint density at radius 1 is 1.35 bits per heavy atom. The number of aryl methyl sites for hydroxylation is 1. The molecule has 1 aliphatic carbocycles. The lowest BCUT2D eigenvalue weighted by Crippen LogP contribution is -2.20. The van der Waals surface area contributed by atoms with Crippen LogP contribution in [0.15, 0.2) is 28.8 Å². The standard InChI is InChI=1S/C14H13ClN2O3/c15-9-4-6-10(7-5-9)19-8-13(18)16-14-11-2-1-3-12(11)17-20-14/h4-7H,1-3,8H2,(H,16,18). The highest BCUT2D eigenvalue weighted by Crippen LogP contribution is 2.28. The molecule has 3 rings (SSSR count). The minimum Gasteiger partial charge on any atom is -0.484 e. The number of aromatic nitrogens is 1. The molecular weight excluding hydrogens is 280 g/mol. The van der Waals surface area contributed by atoms with Crippen molar-refractivity contribution in [3.8, 4) is 5.75 Å². The third-order valence-electron chi connectivity index (χ3n) is 3.15. The second-order valence-corrected chi connectivity index (χ2v) is 5.02. The Balaban J connectivity index is 1.56. The summed E-state index contributed by atoms with van der Waals surface area (Å²) in [4.78, 5) is 11.8. The molecule has 1 heterocycles. The minimum absolute atomic E-state index is 0.0862. The predicted octanol–water partition coefficient (Wildman–Crippen LogP) is 2.83. The van der Waals surface area contributed by atoms with Crippen molar-refractivity contribution in [2.24, 2.45) is 0 Å². The number of fused-ring (bicyclic) bond motifs is 1. The van der Waals surface area contributed by atoms with E-state index in [1.165, 1.54) is 0 Å². The van der Waals surface area contributed by atoms with Crippen molar-refractivity contribution in [2.45, 2.75) is 19.3 Å². The first-order chi connectivity index (χ1) is 9.72. The number of amides is 1. The molecule has 2 aromatic rings. The van der Waals surface area contributed by atoms with Gasteiger partial charge in [-0.3, -0.25) is 10.1 Å². The molecule has 6 heteroatoms. The molecule has 0 spiro atoms. The summed E-state index contributed by atoms with van der Waals surface area (Å²) in [6, 6.07) is 6.83. The van der Waals surface area contributed by atoms with Crippen molar-refractivity contribution in [3.63, 3.8) is 0 Å². The first kappa shape index (κ1) is 13.0. The third-order valence-corrected chi connectivity index (χ3v) is 3.40. The number of carbonyl (C=O) groups excluding carboxylic acids is 1. The molecule has 1 amide bonds. The largest absolute Gasteiger partial charge is 0.484 e. The van der Waals surface area contributed by atoms with Gasteiger partial charge in [0.15, 0.2) is 6.61 Å². The second kappa shape index (κ2) is 5.54. The fraction of sp³-hybridized carbons (Fsp3) is 0.286. The summed E-state index contributed by atoms with van der Waals surface area (Å²) in [5.74, 6) is 0.764. The summed E-state index contributed by atoms with van der Waals surface area (Å²) >= 11 is 5.77. The van der Waals surface area contributed by atoms with Gasteiger partial charge in [-0.05, 0) is 43.5 Å². The van der Waals surface area contributed by atoms with Gasteiger partial charge in [-0.1, -0.05) is 16.8 Å². The molecule has 0 saturated carbocycles. The van der Waals surface area contributed by atoms with E-state index in [1.54, 1.807) is 24.3 Å². The minimum atomic E-state index is -0.272. The van der Waals surface area contributed by atoms with Gasteiger partial charge in [0.05, 0.1) is 5.69 Å². The van der Waals surface area contributed by atoms with Crippen LogP contribution in [0.3, 0.4) is 0 Å². The molecule has 0 fully saturated rings. The molecule has 5 nitrogen and oxygen atoms in total. The van der Waals surface area contributed by atoms with Crippen LogP contribution in [0.4, 0.5) is 5.88 Å². The Labute approximate surface area is 120 Å². The topological polar surface area (TPSA) is 64.4 Å². The number of nitrogens with zero attached hydrogens (tertiary/aromatic N) is 1. The lowest BCUT2D eigenvalue weighted by Gasteiger charge is -2.06. The van der Waals surface area contributed by atoms with Crippen molar-refractivity contribution >= 4 is 23.4 Å². The number of hydrogen-bond acceptors (Lipinski definition) is 4. The number of hydrogen-bond donors (Lipinski definition) is 1. The van der Waals surface area contributed by atoms with Crippen LogP contribution in [0.5, 0.6) is 5.75 Å². The van der Waals surface area contributed by atoms with E-state index in [0.29, 0.717) is 16.7 Å². The van der Waals surface area contributed by atoms with Crippen molar-refractivity contribution in [3.05, 3.63) is 40.5 Å². The predicted molar refractivity (Wildman–Crippen MR) is 74.1 cm³/mol. The van der Waals surface area contributed by atoms with Crippen LogP contribution in [0.2, 0.25) is 5.02 Å². The van der Waals surface area contributed by atoms with Crippen LogP contribution >= 0.6 is 11.6 Å². The quantitative estimate of drug-likeness (QED) is 0.941. The van der Waals surface area contributed by atoms with E-state index in [4.69, 9.17) is 20.9 Å². The molecule has 1 aliphatic rings. The number of nitrogens with one attached hydrogen (secondary N) is 1. The summed E-state index contributed by atoms with van der Waals surface area (Å²) in [7, 11) is 0. The molecule has 1 aromatic heterocycles. The average Bonchev–Trinajstić information content (AvgIpc) is 3.03. The lowest BCUT2D eigenvalue weighted by atomic mass is 10.2. The fourth-order valence-electron chi connectivity index (χ4n) is 2.17. The van der Waals surface area contributed by atoms with Crippen molar-refractivity contribution < 1.29 is 14.1 Å². The molecule has 0 unspecified atom stereocenters. The van der Waals surface area contributed by atoms with Crippen LogP contribution in [-0.4, -0.2) is 17.7 Å². The maximum absolute atomic E-state index is 11.8.